The van der Waals surface area contributed by atoms with Gasteiger partial charge in [0.25, 0.3) is 0 Å². The number of nitrogens with one attached hydrogen (secondary N) is 1. The summed E-state index contributed by atoms with van der Waals surface area (Å²) in [6.45, 7) is 0.486. The first-order valence-corrected chi connectivity index (χ1v) is 25.8. The Balaban J connectivity index is 0.866. The molecule has 4 atom stereocenters. The fraction of sp³-hybridized carbons (Fsp3) is 0.115. The van der Waals surface area contributed by atoms with Crippen molar-refractivity contribution < 1.29 is 8.42 Å². The van der Waals surface area contributed by atoms with Crippen LogP contribution in [0.3, 0.4) is 0 Å². The van der Waals surface area contributed by atoms with Crippen molar-refractivity contribution in [2.24, 2.45) is 0 Å². The van der Waals surface area contributed by atoms with Crippen molar-refractivity contribution >= 4 is 72.3 Å². The number of rotatable bonds is 10. The maximum absolute atomic E-state index is 15.9. The minimum atomic E-state index is -4.05. The first kappa shape index (κ1) is 44.4. The second-order valence-electron chi connectivity index (χ2n) is 18.6. The second-order valence-corrected chi connectivity index (χ2v) is 20.5. The zero-order chi connectivity index (χ0) is 48.2. The number of hydroxylamine groups is 2. The molecule has 12 rings (SSSR count). The van der Waals surface area contributed by atoms with E-state index in [1.807, 2.05) is 109 Å². The zero-order valence-electron chi connectivity index (χ0n) is 39.0. The molecule has 8 aromatic carbocycles. The second kappa shape index (κ2) is 17.8. The molecule has 4 unspecified atom stereocenters. The van der Waals surface area contributed by atoms with E-state index in [2.05, 4.69) is 87.9 Å². The maximum atomic E-state index is 15.9. The molecule has 0 aromatic heterocycles. The molecule has 71 heavy (non-hydrogen) atoms. The van der Waals surface area contributed by atoms with Crippen LogP contribution in [-0.2, 0) is 9.84 Å². The molecule has 0 saturated heterocycles. The predicted octanol–water partition coefficient (Wildman–Crippen LogP) is 15.2. The third kappa shape index (κ3) is 7.42. The lowest BCUT2D eigenvalue weighted by Crippen LogP contribution is -2.45. The molecule has 0 fully saturated rings. The Labute approximate surface area is 415 Å². The average Bonchev–Trinajstić information content (AvgIpc) is 3.81. The molecular formula is C61H51N5O4S. The number of allylic oxidation sites excluding steroid dienone is 2. The number of quaternary nitrogens is 2. The fourth-order valence-electron chi connectivity index (χ4n) is 11.3. The van der Waals surface area contributed by atoms with Crippen LogP contribution in [0.1, 0.15) is 42.7 Å². The molecule has 10 heteroatoms. The fourth-order valence-corrected chi connectivity index (χ4v) is 12.6. The van der Waals surface area contributed by atoms with Crippen LogP contribution < -0.4 is 24.4 Å². The van der Waals surface area contributed by atoms with Gasteiger partial charge in [-0.2, -0.15) is 0 Å². The van der Waals surface area contributed by atoms with Crippen molar-refractivity contribution in [1.29, 1.82) is 0 Å². The Morgan fingerprint density at radius 3 is 1.59 bits per heavy atom. The van der Waals surface area contributed by atoms with E-state index in [1.165, 1.54) is 12.1 Å². The third-order valence-electron chi connectivity index (χ3n) is 14.6. The van der Waals surface area contributed by atoms with Crippen LogP contribution in [0.25, 0.3) is 5.57 Å². The van der Waals surface area contributed by atoms with Gasteiger partial charge in [0, 0.05) is 101 Å². The van der Waals surface area contributed by atoms with Crippen LogP contribution in [0.2, 0.25) is 0 Å². The van der Waals surface area contributed by atoms with Crippen molar-refractivity contribution in [2.75, 3.05) is 16.3 Å². The first-order valence-electron chi connectivity index (χ1n) is 24.3. The van der Waals surface area contributed by atoms with Gasteiger partial charge in [-0.05, 0) is 122 Å². The minimum absolute atomic E-state index is 0.00444. The van der Waals surface area contributed by atoms with Gasteiger partial charge < -0.3 is 25.5 Å². The number of hydrogen-bond acceptors (Lipinski definition) is 7. The Morgan fingerprint density at radius 2 is 1.04 bits per heavy atom. The summed E-state index contributed by atoms with van der Waals surface area (Å²) >= 11 is 0. The smallest absolute Gasteiger partial charge is 0.206 e. The minimum Gasteiger partial charge on any atom is -0.622 e. The number of fused-ring (bicyclic) bond motifs is 6. The molecule has 0 saturated carbocycles. The monoisotopic (exact) mass is 949 g/mol. The number of nitrogens with zero attached hydrogens (tertiary/aromatic N) is 4. The number of hydrogen-bond donors (Lipinski definition) is 1. The van der Waals surface area contributed by atoms with Gasteiger partial charge in [-0.1, -0.05) is 84.9 Å². The summed E-state index contributed by atoms with van der Waals surface area (Å²) in [5.41, 5.74) is 11.2. The highest BCUT2D eigenvalue weighted by molar-refractivity contribution is 7.91. The molecule has 8 aromatic rings. The lowest BCUT2D eigenvalue weighted by molar-refractivity contribution is 0.339. The summed E-state index contributed by atoms with van der Waals surface area (Å²) in [6.07, 6.45) is 11.5. The highest BCUT2D eigenvalue weighted by Gasteiger charge is 2.49. The van der Waals surface area contributed by atoms with E-state index in [0.29, 0.717) is 41.4 Å². The molecule has 1 N–H and O–H groups in total. The highest BCUT2D eigenvalue weighted by Crippen LogP contribution is 2.57. The average molecular weight is 950 g/mol. The number of dihydropyridines is 1. The van der Waals surface area contributed by atoms with Crippen LogP contribution >= 0.6 is 0 Å². The van der Waals surface area contributed by atoms with Crippen LogP contribution in [0.5, 0.6) is 0 Å². The molecular weight excluding hydrogens is 899 g/mol. The van der Waals surface area contributed by atoms with Crippen LogP contribution in [0, 0.1) is 10.4 Å². The number of benzene rings is 8. The van der Waals surface area contributed by atoms with Gasteiger partial charge >= 0.3 is 0 Å². The quantitative estimate of drug-likeness (QED) is 0.0828. The molecule has 4 aliphatic rings. The summed E-state index contributed by atoms with van der Waals surface area (Å²) in [7, 11) is -4.05. The lowest BCUT2D eigenvalue weighted by Gasteiger charge is -2.45. The first-order chi connectivity index (χ1) is 34.7. The van der Waals surface area contributed by atoms with Gasteiger partial charge in [0.05, 0.1) is 20.9 Å². The van der Waals surface area contributed by atoms with Crippen molar-refractivity contribution in [2.45, 2.75) is 47.4 Å². The van der Waals surface area contributed by atoms with Crippen LogP contribution in [0.15, 0.2) is 246 Å². The van der Waals surface area contributed by atoms with E-state index in [1.54, 1.807) is 36.4 Å². The molecule has 9 nitrogen and oxygen atoms in total. The third-order valence-corrected chi connectivity index (χ3v) is 16.4. The molecule has 1 aliphatic carbocycles. The van der Waals surface area contributed by atoms with Gasteiger partial charge in [0.15, 0.2) is 5.69 Å². The van der Waals surface area contributed by atoms with Gasteiger partial charge in [-0.25, -0.2) is 8.42 Å². The van der Waals surface area contributed by atoms with E-state index >= 15 is 10.4 Å². The van der Waals surface area contributed by atoms with Gasteiger partial charge in [-0.3, -0.25) is 9.29 Å². The van der Waals surface area contributed by atoms with E-state index in [4.69, 9.17) is 0 Å². The summed E-state index contributed by atoms with van der Waals surface area (Å²) in [4.78, 5) is 4.53. The summed E-state index contributed by atoms with van der Waals surface area (Å²) in [5, 5.41) is 34.7. The Kier molecular flexibility index (Phi) is 11.2. The van der Waals surface area contributed by atoms with Crippen molar-refractivity contribution in [3.8, 4) is 0 Å². The highest BCUT2D eigenvalue weighted by atomic mass is 32.2. The molecule has 350 valence electrons. The van der Waals surface area contributed by atoms with E-state index < -0.39 is 19.1 Å². The topological polar surface area (TPSA) is 98.8 Å². The Morgan fingerprint density at radius 1 is 0.535 bits per heavy atom. The van der Waals surface area contributed by atoms with Crippen LogP contribution in [-0.4, -0.2) is 21.0 Å². The molecule has 3 heterocycles. The van der Waals surface area contributed by atoms with E-state index in [-0.39, 0.29) is 21.8 Å². The van der Waals surface area contributed by atoms with E-state index in [9.17, 15) is 8.42 Å². The van der Waals surface area contributed by atoms with Crippen molar-refractivity contribution in [3.63, 3.8) is 0 Å². The number of para-hydroxylation sites is 4. The maximum Gasteiger partial charge on any atom is 0.206 e. The van der Waals surface area contributed by atoms with Crippen molar-refractivity contribution in [3.05, 3.63) is 258 Å². The van der Waals surface area contributed by atoms with Gasteiger partial charge in [-0.15, -0.1) is 0 Å². The Bertz CT molecular complexity index is 3400. The molecule has 3 aliphatic heterocycles. The normalized spacial score (nSPS) is 21.0. The summed E-state index contributed by atoms with van der Waals surface area (Å²) < 4.78 is 27.4. The molecule has 0 amide bonds. The molecule has 0 bridgehead atoms. The van der Waals surface area contributed by atoms with Gasteiger partial charge in [0.1, 0.15) is 28.8 Å². The molecule has 0 spiro atoms. The standard InChI is InChI=1S/C61H51N5O4S/c67-65(58-26-16-2-1-15-25-54(58)55-41-48(27-37-59(55)65)63(44-17-7-3-8-18-44)45-19-9-4-10-20-45)50-29-33-52(34-30-50)71(69,70)53-35-31-51(32-36-53)66(68)60-38-28-49(42-56(60)57-43-62-40-39-61(57)66)64(46-21-11-5-12-22-46)47-23-13-6-14-24-47/h2-14,16-24,27-39,41-43,54,58,62H,1,15,25-26,40H2. The largest absolute Gasteiger partial charge is 0.622 e. The van der Waals surface area contributed by atoms with Crippen molar-refractivity contribution in [1.82, 2.24) is 14.6 Å². The lowest BCUT2D eigenvalue weighted by atomic mass is 9.86. The summed E-state index contributed by atoms with van der Waals surface area (Å²) in [5.74, 6) is 0.00444. The zero-order valence-corrected chi connectivity index (χ0v) is 39.8. The Hall–Kier alpha value is -7.83. The SMILES string of the molecule is O=S(=O)(c1ccc([N+]2([O-])C3=CCNC=C3c3cc(N(c4ccccc4)c4ccccc4)ccc32)cc1)c1ccc([N+]2([O-])c3ccc(N(c4ccccc4)c4ccccc4)cc3C3CCCC=CCC32)cc1. The summed E-state index contributed by atoms with van der Waals surface area (Å²) in [6, 6.07) is 65.4. The number of anilines is 6. The van der Waals surface area contributed by atoms with Gasteiger partial charge in [0.2, 0.25) is 9.84 Å². The van der Waals surface area contributed by atoms with E-state index in [0.717, 1.165) is 70.1 Å². The molecule has 0 radical (unpaired) electrons. The van der Waals surface area contributed by atoms with Crippen LogP contribution in [0.4, 0.5) is 56.9 Å². The number of sulfone groups is 1. The predicted molar refractivity (Wildman–Crippen MR) is 288 cm³/mol.